The van der Waals surface area contributed by atoms with E-state index in [1.807, 2.05) is 13.0 Å². The first-order chi connectivity index (χ1) is 10.4. The molecule has 1 aromatic carbocycles. The van der Waals surface area contributed by atoms with Crippen LogP contribution in [-0.4, -0.2) is 16.0 Å². The normalized spacial score (nSPS) is 14.7. The van der Waals surface area contributed by atoms with Crippen molar-refractivity contribution in [3.05, 3.63) is 41.6 Å². The number of nitrogens with one attached hydrogen (secondary N) is 2. The molecule has 116 valence electrons. The van der Waals surface area contributed by atoms with Gasteiger partial charge in [-0.05, 0) is 42.9 Å². The van der Waals surface area contributed by atoms with E-state index in [2.05, 4.69) is 65.6 Å². The molecule has 4 nitrogen and oxygen atoms in total. The summed E-state index contributed by atoms with van der Waals surface area (Å²) < 4.78 is 0. The van der Waals surface area contributed by atoms with Crippen molar-refractivity contribution >= 4 is 17.5 Å². The summed E-state index contributed by atoms with van der Waals surface area (Å²) >= 11 is 0. The van der Waals surface area contributed by atoms with Gasteiger partial charge in [-0.15, -0.1) is 0 Å². The predicted molar refractivity (Wildman–Crippen MR) is 91.8 cm³/mol. The van der Waals surface area contributed by atoms with Crippen molar-refractivity contribution < 1.29 is 0 Å². The van der Waals surface area contributed by atoms with Crippen LogP contribution in [0.15, 0.2) is 30.3 Å². The fraction of sp³-hybridized carbons (Fsp3) is 0.444. The van der Waals surface area contributed by atoms with Gasteiger partial charge in [-0.2, -0.15) is 4.98 Å². The molecule has 0 spiro atoms. The molecular weight excluding hydrogens is 272 g/mol. The molecule has 1 aliphatic carbocycles. The van der Waals surface area contributed by atoms with Gasteiger partial charge in [-0.3, -0.25) is 0 Å². The van der Waals surface area contributed by atoms with Crippen molar-refractivity contribution in [2.45, 2.75) is 52.0 Å². The minimum atomic E-state index is 0.166. The maximum absolute atomic E-state index is 4.55. The fourth-order valence-corrected chi connectivity index (χ4v) is 2.32. The average molecular weight is 296 g/mol. The maximum Gasteiger partial charge on any atom is 0.229 e. The molecule has 0 radical (unpaired) electrons. The SMILES string of the molecule is Cc1cc(NC2CC2)nc(Nc2ccc(C(C)(C)C)cc2)n1. The zero-order chi connectivity index (χ0) is 15.7. The van der Waals surface area contributed by atoms with Gasteiger partial charge in [0, 0.05) is 23.5 Å². The van der Waals surface area contributed by atoms with Crippen LogP contribution >= 0.6 is 0 Å². The Morgan fingerprint density at radius 2 is 1.73 bits per heavy atom. The molecule has 1 fully saturated rings. The third-order valence-corrected chi connectivity index (χ3v) is 3.79. The van der Waals surface area contributed by atoms with Crippen LogP contribution in [0.2, 0.25) is 0 Å². The number of hydrogen-bond donors (Lipinski definition) is 2. The first-order valence-corrected chi connectivity index (χ1v) is 7.90. The van der Waals surface area contributed by atoms with Crippen LogP contribution in [-0.2, 0) is 5.41 Å². The predicted octanol–water partition coefficient (Wildman–Crippen LogP) is 4.40. The van der Waals surface area contributed by atoms with Gasteiger partial charge in [0.25, 0.3) is 0 Å². The van der Waals surface area contributed by atoms with E-state index >= 15 is 0 Å². The second-order valence-corrected chi connectivity index (χ2v) is 7.09. The van der Waals surface area contributed by atoms with Gasteiger partial charge >= 0.3 is 0 Å². The minimum absolute atomic E-state index is 0.166. The van der Waals surface area contributed by atoms with Crippen molar-refractivity contribution in [2.24, 2.45) is 0 Å². The van der Waals surface area contributed by atoms with Gasteiger partial charge in [0.05, 0.1) is 0 Å². The Balaban J connectivity index is 1.75. The molecule has 2 N–H and O–H groups in total. The molecule has 0 aliphatic heterocycles. The lowest BCUT2D eigenvalue weighted by atomic mass is 9.87. The summed E-state index contributed by atoms with van der Waals surface area (Å²) in [6.07, 6.45) is 2.47. The van der Waals surface area contributed by atoms with Gasteiger partial charge in [-0.1, -0.05) is 32.9 Å². The zero-order valence-corrected chi connectivity index (χ0v) is 13.8. The number of hydrogen-bond acceptors (Lipinski definition) is 4. The Labute approximate surface area is 132 Å². The van der Waals surface area contributed by atoms with E-state index in [0.29, 0.717) is 12.0 Å². The number of nitrogens with zero attached hydrogens (tertiary/aromatic N) is 2. The summed E-state index contributed by atoms with van der Waals surface area (Å²) in [6.45, 7) is 8.65. The highest BCUT2D eigenvalue weighted by Crippen LogP contribution is 2.26. The van der Waals surface area contributed by atoms with Crippen LogP contribution < -0.4 is 10.6 Å². The van der Waals surface area contributed by atoms with Gasteiger partial charge in [0.1, 0.15) is 5.82 Å². The lowest BCUT2D eigenvalue weighted by Crippen LogP contribution is -2.10. The van der Waals surface area contributed by atoms with E-state index in [1.165, 1.54) is 18.4 Å². The Kier molecular flexibility index (Phi) is 3.77. The third-order valence-electron chi connectivity index (χ3n) is 3.79. The number of benzene rings is 1. The number of anilines is 3. The van der Waals surface area contributed by atoms with Crippen molar-refractivity contribution in [3.8, 4) is 0 Å². The monoisotopic (exact) mass is 296 g/mol. The highest BCUT2D eigenvalue weighted by atomic mass is 15.2. The molecule has 0 saturated heterocycles. The van der Waals surface area contributed by atoms with Crippen molar-refractivity contribution in [1.29, 1.82) is 0 Å². The van der Waals surface area contributed by atoms with Crippen LogP contribution in [0.3, 0.4) is 0 Å². The quantitative estimate of drug-likeness (QED) is 0.878. The first kappa shape index (κ1) is 14.8. The number of aryl methyl sites for hydroxylation is 1. The van der Waals surface area contributed by atoms with Crippen LogP contribution in [0, 0.1) is 6.92 Å². The van der Waals surface area contributed by atoms with Gasteiger partial charge in [0.15, 0.2) is 0 Å². The molecule has 0 bridgehead atoms. The van der Waals surface area contributed by atoms with Gasteiger partial charge in [0.2, 0.25) is 5.95 Å². The third kappa shape index (κ3) is 3.75. The topological polar surface area (TPSA) is 49.8 Å². The lowest BCUT2D eigenvalue weighted by molar-refractivity contribution is 0.590. The summed E-state index contributed by atoms with van der Waals surface area (Å²) in [7, 11) is 0. The van der Waals surface area contributed by atoms with Crippen LogP contribution in [0.5, 0.6) is 0 Å². The summed E-state index contributed by atoms with van der Waals surface area (Å²) in [6, 6.07) is 11.1. The molecule has 22 heavy (non-hydrogen) atoms. The Bertz CT molecular complexity index is 652. The molecule has 0 unspecified atom stereocenters. The van der Waals surface area contributed by atoms with Crippen LogP contribution in [0.1, 0.15) is 44.9 Å². The van der Waals surface area contributed by atoms with E-state index in [-0.39, 0.29) is 5.41 Å². The van der Waals surface area contributed by atoms with Crippen LogP contribution in [0.4, 0.5) is 17.5 Å². The van der Waals surface area contributed by atoms with E-state index in [1.54, 1.807) is 0 Å². The van der Waals surface area contributed by atoms with Crippen molar-refractivity contribution in [2.75, 3.05) is 10.6 Å². The van der Waals surface area contributed by atoms with Gasteiger partial charge in [-0.25, -0.2) is 4.98 Å². The molecule has 1 aliphatic rings. The molecule has 3 rings (SSSR count). The average Bonchev–Trinajstić information content (AvgIpc) is 3.21. The highest BCUT2D eigenvalue weighted by molar-refractivity contribution is 5.56. The van der Waals surface area contributed by atoms with E-state index < -0.39 is 0 Å². The lowest BCUT2D eigenvalue weighted by Gasteiger charge is -2.19. The number of rotatable bonds is 4. The summed E-state index contributed by atoms with van der Waals surface area (Å²) in [5.74, 6) is 1.55. The molecule has 0 atom stereocenters. The Morgan fingerprint density at radius 1 is 1.05 bits per heavy atom. The molecule has 1 aromatic heterocycles. The molecule has 0 amide bonds. The largest absolute Gasteiger partial charge is 0.367 e. The van der Waals surface area contributed by atoms with E-state index in [4.69, 9.17) is 0 Å². The van der Waals surface area contributed by atoms with E-state index in [0.717, 1.165) is 17.2 Å². The van der Waals surface area contributed by atoms with Crippen LogP contribution in [0.25, 0.3) is 0 Å². The first-order valence-electron chi connectivity index (χ1n) is 7.90. The minimum Gasteiger partial charge on any atom is -0.367 e. The molecule has 4 heteroatoms. The van der Waals surface area contributed by atoms with Crippen molar-refractivity contribution in [3.63, 3.8) is 0 Å². The maximum atomic E-state index is 4.55. The molecule has 1 heterocycles. The molecular formula is C18H24N4. The van der Waals surface area contributed by atoms with Crippen molar-refractivity contribution in [1.82, 2.24) is 9.97 Å². The second kappa shape index (κ2) is 5.59. The molecule has 1 saturated carbocycles. The number of aromatic nitrogens is 2. The second-order valence-electron chi connectivity index (χ2n) is 7.09. The van der Waals surface area contributed by atoms with E-state index in [9.17, 15) is 0 Å². The zero-order valence-electron chi connectivity index (χ0n) is 13.8. The fourth-order valence-electron chi connectivity index (χ4n) is 2.32. The highest BCUT2D eigenvalue weighted by Gasteiger charge is 2.21. The smallest absolute Gasteiger partial charge is 0.229 e. The Morgan fingerprint density at radius 3 is 2.32 bits per heavy atom. The Hall–Kier alpha value is -2.10. The standard InChI is InChI=1S/C18H24N4/c1-12-11-16(20-14-9-10-14)22-17(19-12)21-15-7-5-13(6-8-15)18(2,3)4/h5-8,11,14H,9-10H2,1-4H3,(H2,19,20,21,22). The summed E-state index contributed by atoms with van der Waals surface area (Å²) in [5.41, 5.74) is 3.46. The van der Waals surface area contributed by atoms with Gasteiger partial charge < -0.3 is 10.6 Å². The molecule has 2 aromatic rings. The summed E-state index contributed by atoms with van der Waals surface area (Å²) in [5, 5.41) is 6.72. The summed E-state index contributed by atoms with van der Waals surface area (Å²) in [4.78, 5) is 9.01.